The normalized spacial score (nSPS) is 11.0. The van der Waals surface area contributed by atoms with Crippen LogP contribution in [0.1, 0.15) is 5.56 Å². The molecule has 0 atom stereocenters. The Bertz CT molecular complexity index is 823. The van der Waals surface area contributed by atoms with Crippen molar-refractivity contribution < 1.29 is 4.74 Å². The highest BCUT2D eigenvalue weighted by molar-refractivity contribution is 6.30. The molecule has 0 aliphatic heterocycles. The summed E-state index contributed by atoms with van der Waals surface area (Å²) in [5, 5.41) is 5.01. The van der Waals surface area contributed by atoms with Gasteiger partial charge in [-0.1, -0.05) is 23.7 Å². The van der Waals surface area contributed by atoms with E-state index in [9.17, 15) is 0 Å². The van der Waals surface area contributed by atoms with E-state index in [-0.39, 0.29) is 0 Å². The number of ether oxygens (including phenoxy) is 1. The van der Waals surface area contributed by atoms with Crippen molar-refractivity contribution in [2.75, 3.05) is 12.8 Å². The van der Waals surface area contributed by atoms with E-state index in [1.807, 2.05) is 48.5 Å². The largest absolute Gasteiger partial charge is 0.497 e. The van der Waals surface area contributed by atoms with E-state index in [4.69, 9.17) is 22.1 Å². The van der Waals surface area contributed by atoms with Crippen LogP contribution >= 0.6 is 11.6 Å². The van der Waals surface area contributed by atoms with Crippen molar-refractivity contribution in [2.24, 2.45) is 5.10 Å². The molecule has 0 spiro atoms. The van der Waals surface area contributed by atoms with Crippen molar-refractivity contribution in [3.8, 4) is 17.0 Å². The molecule has 116 valence electrons. The lowest BCUT2D eigenvalue weighted by atomic mass is 10.2. The quantitative estimate of drug-likeness (QED) is 0.744. The maximum atomic E-state index is 5.91. The number of nitrogens with two attached hydrogens (primary N) is 1. The molecule has 0 aliphatic rings. The van der Waals surface area contributed by atoms with Crippen LogP contribution in [0.25, 0.3) is 11.3 Å². The molecule has 1 aromatic heterocycles. The second-order valence-electron chi connectivity index (χ2n) is 4.85. The second kappa shape index (κ2) is 6.54. The fourth-order valence-electron chi connectivity index (χ4n) is 2.06. The minimum absolute atomic E-state index is 0.319. The Morgan fingerprint density at radius 2 is 1.83 bits per heavy atom. The Labute approximate surface area is 139 Å². The molecule has 23 heavy (non-hydrogen) atoms. The van der Waals surface area contributed by atoms with Crippen molar-refractivity contribution in [1.29, 1.82) is 0 Å². The molecule has 5 nitrogen and oxygen atoms in total. The van der Waals surface area contributed by atoms with E-state index in [2.05, 4.69) is 10.1 Å². The summed E-state index contributed by atoms with van der Waals surface area (Å²) < 4.78 is 6.66. The van der Waals surface area contributed by atoms with Crippen LogP contribution in [0.15, 0.2) is 59.8 Å². The zero-order valence-corrected chi connectivity index (χ0v) is 13.2. The average molecular weight is 327 g/mol. The van der Waals surface area contributed by atoms with Crippen LogP contribution in [0.4, 0.5) is 5.95 Å². The van der Waals surface area contributed by atoms with Gasteiger partial charge in [-0.25, -0.2) is 9.66 Å². The fraction of sp³-hybridized carbons (Fsp3) is 0.0588. The monoisotopic (exact) mass is 326 g/mol. The topological polar surface area (TPSA) is 65.4 Å². The van der Waals surface area contributed by atoms with Gasteiger partial charge in [0.05, 0.1) is 25.2 Å². The molecule has 2 aromatic carbocycles. The van der Waals surface area contributed by atoms with Gasteiger partial charge in [0.15, 0.2) is 0 Å². The van der Waals surface area contributed by atoms with E-state index in [0.717, 1.165) is 22.6 Å². The van der Waals surface area contributed by atoms with Crippen LogP contribution in [-0.4, -0.2) is 23.0 Å². The molecule has 0 fully saturated rings. The number of hydrogen-bond donors (Lipinski definition) is 1. The summed E-state index contributed by atoms with van der Waals surface area (Å²) in [5.74, 6) is 1.12. The van der Waals surface area contributed by atoms with Gasteiger partial charge in [0, 0.05) is 10.6 Å². The number of nitrogens with zero attached hydrogens (tertiary/aromatic N) is 3. The molecule has 0 bridgehead atoms. The van der Waals surface area contributed by atoms with E-state index in [1.165, 1.54) is 4.68 Å². The molecule has 0 saturated carbocycles. The number of rotatable bonds is 4. The molecule has 6 heteroatoms. The Morgan fingerprint density at radius 3 is 2.48 bits per heavy atom. The lowest BCUT2D eigenvalue weighted by molar-refractivity contribution is 0.415. The molecule has 0 radical (unpaired) electrons. The Morgan fingerprint density at radius 1 is 1.13 bits per heavy atom. The number of anilines is 1. The minimum atomic E-state index is 0.319. The SMILES string of the molecule is COc1ccc(/C=N/n2cc(-c3ccc(Cl)cc3)nc2N)cc1. The third kappa shape index (κ3) is 3.52. The van der Waals surface area contributed by atoms with E-state index < -0.39 is 0 Å². The third-order valence-corrected chi connectivity index (χ3v) is 3.55. The van der Waals surface area contributed by atoms with Crippen LogP contribution in [-0.2, 0) is 0 Å². The van der Waals surface area contributed by atoms with Gasteiger partial charge in [0.2, 0.25) is 5.95 Å². The van der Waals surface area contributed by atoms with Gasteiger partial charge in [-0.2, -0.15) is 5.10 Å². The van der Waals surface area contributed by atoms with Crippen LogP contribution in [0.3, 0.4) is 0 Å². The first-order chi connectivity index (χ1) is 11.2. The zero-order chi connectivity index (χ0) is 16.2. The maximum Gasteiger partial charge on any atom is 0.221 e. The first-order valence-electron chi connectivity index (χ1n) is 6.95. The molecule has 3 rings (SSSR count). The van der Waals surface area contributed by atoms with Crippen molar-refractivity contribution in [3.63, 3.8) is 0 Å². The number of nitrogen functional groups attached to an aromatic ring is 1. The van der Waals surface area contributed by atoms with Crippen LogP contribution in [0, 0.1) is 0 Å². The molecular formula is C17H15ClN4O. The Balaban J connectivity index is 1.82. The molecule has 0 saturated heterocycles. The zero-order valence-electron chi connectivity index (χ0n) is 12.5. The number of aromatic nitrogens is 2. The lowest BCUT2D eigenvalue weighted by Gasteiger charge is -1.99. The van der Waals surface area contributed by atoms with Gasteiger partial charge < -0.3 is 10.5 Å². The number of halogens is 1. The van der Waals surface area contributed by atoms with Crippen LogP contribution < -0.4 is 10.5 Å². The van der Waals surface area contributed by atoms with E-state index >= 15 is 0 Å². The first-order valence-corrected chi connectivity index (χ1v) is 7.33. The van der Waals surface area contributed by atoms with Gasteiger partial charge >= 0.3 is 0 Å². The number of hydrogen-bond acceptors (Lipinski definition) is 4. The van der Waals surface area contributed by atoms with Gasteiger partial charge in [-0.3, -0.25) is 0 Å². The molecule has 0 amide bonds. The molecule has 2 N–H and O–H groups in total. The van der Waals surface area contributed by atoms with Crippen LogP contribution in [0.5, 0.6) is 5.75 Å². The van der Waals surface area contributed by atoms with Gasteiger partial charge in [0.25, 0.3) is 0 Å². The molecule has 0 unspecified atom stereocenters. The summed E-state index contributed by atoms with van der Waals surface area (Å²) in [7, 11) is 1.63. The molecule has 3 aromatic rings. The van der Waals surface area contributed by atoms with Crippen molar-refractivity contribution in [3.05, 3.63) is 65.3 Å². The highest BCUT2D eigenvalue weighted by atomic mass is 35.5. The summed E-state index contributed by atoms with van der Waals surface area (Å²) in [6.45, 7) is 0. The lowest BCUT2D eigenvalue weighted by Crippen LogP contribution is -1.96. The van der Waals surface area contributed by atoms with Crippen molar-refractivity contribution in [2.45, 2.75) is 0 Å². The number of methoxy groups -OCH3 is 1. The highest BCUT2D eigenvalue weighted by Gasteiger charge is 2.06. The van der Waals surface area contributed by atoms with Gasteiger partial charge in [-0.15, -0.1) is 0 Å². The minimum Gasteiger partial charge on any atom is -0.497 e. The fourth-order valence-corrected chi connectivity index (χ4v) is 2.18. The highest BCUT2D eigenvalue weighted by Crippen LogP contribution is 2.21. The standard InChI is InChI=1S/C17H15ClN4O/c1-23-15-8-2-12(3-9-15)10-20-22-11-16(21-17(22)19)13-4-6-14(18)7-5-13/h2-11H,1H3,(H2,19,21)/b20-10+. The van der Waals surface area contributed by atoms with Crippen molar-refractivity contribution in [1.82, 2.24) is 9.66 Å². The molecular weight excluding hydrogens is 312 g/mol. The average Bonchev–Trinajstić information content (AvgIpc) is 2.95. The summed E-state index contributed by atoms with van der Waals surface area (Å²) in [5.41, 5.74) is 8.52. The maximum absolute atomic E-state index is 5.91. The van der Waals surface area contributed by atoms with Crippen molar-refractivity contribution >= 4 is 23.8 Å². The summed E-state index contributed by atoms with van der Waals surface area (Å²) in [6, 6.07) is 15.0. The predicted molar refractivity (Wildman–Crippen MR) is 93.1 cm³/mol. The third-order valence-electron chi connectivity index (χ3n) is 3.30. The number of imidazole rings is 1. The smallest absolute Gasteiger partial charge is 0.221 e. The first kappa shape index (κ1) is 15.1. The summed E-state index contributed by atoms with van der Waals surface area (Å²) >= 11 is 5.89. The molecule has 0 aliphatic carbocycles. The molecule has 1 heterocycles. The van der Waals surface area contributed by atoms with Gasteiger partial charge in [0.1, 0.15) is 5.75 Å². The van der Waals surface area contributed by atoms with E-state index in [1.54, 1.807) is 19.5 Å². The number of benzene rings is 2. The Kier molecular flexibility index (Phi) is 4.30. The predicted octanol–water partition coefficient (Wildman–Crippen LogP) is 3.68. The summed E-state index contributed by atoms with van der Waals surface area (Å²) in [4.78, 5) is 4.31. The van der Waals surface area contributed by atoms with Gasteiger partial charge in [-0.05, 0) is 42.0 Å². The Hall–Kier alpha value is -2.79. The van der Waals surface area contributed by atoms with Crippen LogP contribution in [0.2, 0.25) is 5.02 Å². The summed E-state index contributed by atoms with van der Waals surface area (Å²) in [6.07, 6.45) is 3.49. The van der Waals surface area contributed by atoms with E-state index in [0.29, 0.717) is 11.0 Å². The second-order valence-corrected chi connectivity index (χ2v) is 5.29.